The van der Waals surface area contributed by atoms with E-state index in [1.165, 1.54) is 0 Å². The Bertz CT molecular complexity index is 1220. The first-order valence-electron chi connectivity index (χ1n) is 8.91. The molecule has 0 unspecified atom stereocenters. The summed E-state index contributed by atoms with van der Waals surface area (Å²) in [4.78, 5) is 13.9. The van der Waals surface area contributed by atoms with Gasteiger partial charge in [0.1, 0.15) is 16.8 Å². The Morgan fingerprint density at radius 3 is 2.40 bits per heavy atom. The van der Waals surface area contributed by atoms with E-state index in [1.54, 1.807) is 36.2 Å². The zero-order chi connectivity index (χ0) is 21.1. The molecule has 0 atom stereocenters. The van der Waals surface area contributed by atoms with Crippen LogP contribution in [0.4, 0.5) is 5.69 Å². The fourth-order valence-electron chi connectivity index (χ4n) is 2.76. The van der Waals surface area contributed by atoms with Gasteiger partial charge in [0, 0.05) is 15.7 Å². The summed E-state index contributed by atoms with van der Waals surface area (Å²) >= 11 is 8.68. The average Bonchev–Trinajstić information content (AvgIpc) is 3.17. The molecule has 0 aliphatic rings. The molecule has 3 aromatic carbocycles. The Morgan fingerprint density at radius 1 is 1.00 bits per heavy atom. The molecule has 4 rings (SSSR count). The number of nitrogens with zero attached hydrogens (tertiary/aromatic N) is 3. The smallest absolute Gasteiger partial charge is 0.257 e. The standard InChI is InChI=1S/C21H16BrN5O2S/c1-29-17-9-2-13(3-10-17)20(28)24-21(30)23-15-6-11-18-19(12-15)26-27(25-18)16-7-4-14(22)5-8-16/h2-12H,1H3,(H2,23,24,28,30). The quantitative estimate of drug-likeness (QED) is 0.422. The van der Waals surface area contributed by atoms with E-state index in [1.807, 2.05) is 42.5 Å². The molecule has 0 spiro atoms. The highest BCUT2D eigenvalue weighted by Gasteiger charge is 2.10. The molecule has 7 nitrogen and oxygen atoms in total. The average molecular weight is 482 g/mol. The topological polar surface area (TPSA) is 81.1 Å². The summed E-state index contributed by atoms with van der Waals surface area (Å²) in [5.41, 5.74) is 3.48. The van der Waals surface area contributed by atoms with Crippen LogP contribution in [0.5, 0.6) is 5.75 Å². The molecule has 30 heavy (non-hydrogen) atoms. The first kappa shape index (κ1) is 20.0. The van der Waals surface area contributed by atoms with Gasteiger partial charge < -0.3 is 10.1 Å². The van der Waals surface area contributed by atoms with Crippen LogP contribution in [0.15, 0.2) is 71.2 Å². The Balaban J connectivity index is 1.45. The minimum atomic E-state index is -0.308. The number of aromatic nitrogens is 3. The third-order valence-corrected chi connectivity index (χ3v) is 5.01. The van der Waals surface area contributed by atoms with Crippen molar-refractivity contribution in [2.45, 2.75) is 0 Å². The zero-order valence-corrected chi connectivity index (χ0v) is 18.2. The van der Waals surface area contributed by atoms with E-state index in [0.29, 0.717) is 22.5 Å². The normalized spacial score (nSPS) is 10.6. The number of carbonyl (C=O) groups excluding carboxylic acids is 1. The first-order chi connectivity index (χ1) is 14.5. The van der Waals surface area contributed by atoms with Crippen molar-refractivity contribution in [2.75, 3.05) is 12.4 Å². The molecule has 0 bridgehead atoms. The van der Waals surface area contributed by atoms with E-state index in [9.17, 15) is 4.79 Å². The number of rotatable bonds is 4. The number of ether oxygens (including phenoxy) is 1. The molecule has 4 aromatic rings. The summed E-state index contributed by atoms with van der Waals surface area (Å²) in [7, 11) is 1.57. The Labute approximate surface area is 186 Å². The van der Waals surface area contributed by atoms with Gasteiger partial charge in [-0.1, -0.05) is 15.9 Å². The molecule has 0 aliphatic heterocycles. The predicted molar refractivity (Wildman–Crippen MR) is 123 cm³/mol. The number of hydrogen-bond acceptors (Lipinski definition) is 5. The minimum absolute atomic E-state index is 0.190. The van der Waals surface area contributed by atoms with Crippen LogP contribution in [0.25, 0.3) is 16.7 Å². The monoisotopic (exact) mass is 481 g/mol. The van der Waals surface area contributed by atoms with Crippen LogP contribution in [-0.4, -0.2) is 33.1 Å². The molecule has 0 radical (unpaired) electrons. The Morgan fingerprint density at radius 2 is 1.70 bits per heavy atom. The number of hydrogen-bond donors (Lipinski definition) is 2. The van der Waals surface area contributed by atoms with Gasteiger partial charge in [0.25, 0.3) is 5.91 Å². The van der Waals surface area contributed by atoms with Crippen molar-refractivity contribution in [1.29, 1.82) is 0 Å². The van der Waals surface area contributed by atoms with Gasteiger partial charge >= 0.3 is 0 Å². The van der Waals surface area contributed by atoms with E-state index in [-0.39, 0.29) is 11.0 Å². The van der Waals surface area contributed by atoms with Gasteiger partial charge in [0.05, 0.1) is 12.8 Å². The van der Waals surface area contributed by atoms with Crippen LogP contribution in [0.1, 0.15) is 10.4 Å². The molecule has 0 saturated carbocycles. The summed E-state index contributed by atoms with van der Waals surface area (Å²) < 4.78 is 6.08. The van der Waals surface area contributed by atoms with Gasteiger partial charge in [-0.3, -0.25) is 10.1 Å². The lowest BCUT2D eigenvalue weighted by molar-refractivity contribution is 0.0977. The maximum absolute atomic E-state index is 12.3. The number of anilines is 1. The van der Waals surface area contributed by atoms with Crippen molar-refractivity contribution in [2.24, 2.45) is 0 Å². The number of fused-ring (bicyclic) bond motifs is 1. The molecule has 1 aromatic heterocycles. The van der Waals surface area contributed by atoms with E-state index < -0.39 is 0 Å². The molecular formula is C21H16BrN5O2S. The second-order valence-electron chi connectivity index (χ2n) is 6.31. The molecule has 0 aliphatic carbocycles. The van der Waals surface area contributed by atoms with Crippen molar-refractivity contribution >= 4 is 55.9 Å². The van der Waals surface area contributed by atoms with Crippen LogP contribution in [0, 0.1) is 0 Å². The molecule has 0 fully saturated rings. The highest BCUT2D eigenvalue weighted by molar-refractivity contribution is 9.10. The van der Waals surface area contributed by atoms with Gasteiger partial charge in [-0.2, -0.15) is 4.80 Å². The van der Waals surface area contributed by atoms with E-state index in [2.05, 4.69) is 36.8 Å². The van der Waals surface area contributed by atoms with Crippen molar-refractivity contribution < 1.29 is 9.53 Å². The first-order valence-corrected chi connectivity index (χ1v) is 10.1. The van der Waals surface area contributed by atoms with Crippen LogP contribution in [-0.2, 0) is 0 Å². The molecule has 0 saturated heterocycles. The highest BCUT2D eigenvalue weighted by atomic mass is 79.9. The predicted octanol–water partition coefficient (Wildman–Crippen LogP) is 4.32. The number of benzene rings is 3. The van der Waals surface area contributed by atoms with Crippen LogP contribution < -0.4 is 15.4 Å². The van der Waals surface area contributed by atoms with Crippen molar-refractivity contribution in [3.05, 3.63) is 76.8 Å². The molecule has 2 N–H and O–H groups in total. The fourth-order valence-corrected chi connectivity index (χ4v) is 3.24. The maximum atomic E-state index is 12.3. The van der Waals surface area contributed by atoms with Gasteiger partial charge in [-0.15, -0.1) is 10.2 Å². The molecule has 1 heterocycles. The summed E-state index contributed by atoms with van der Waals surface area (Å²) in [5.74, 6) is 0.370. The largest absolute Gasteiger partial charge is 0.497 e. The lowest BCUT2D eigenvalue weighted by Gasteiger charge is -2.09. The van der Waals surface area contributed by atoms with Crippen LogP contribution in [0.3, 0.4) is 0 Å². The molecule has 1 amide bonds. The number of nitrogens with one attached hydrogen (secondary N) is 2. The number of amides is 1. The second kappa shape index (κ2) is 8.60. The number of carbonyl (C=O) groups is 1. The van der Waals surface area contributed by atoms with E-state index in [4.69, 9.17) is 17.0 Å². The third kappa shape index (κ3) is 4.47. The minimum Gasteiger partial charge on any atom is -0.497 e. The zero-order valence-electron chi connectivity index (χ0n) is 15.8. The van der Waals surface area contributed by atoms with Crippen molar-refractivity contribution in [3.8, 4) is 11.4 Å². The highest BCUT2D eigenvalue weighted by Crippen LogP contribution is 2.19. The van der Waals surface area contributed by atoms with Gasteiger partial charge in [-0.25, -0.2) is 0 Å². The third-order valence-electron chi connectivity index (χ3n) is 4.28. The summed E-state index contributed by atoms with van der Waals surface area (Å²) in [6.45, 7) is 0. The van der Waals surface area contributed by atoms with Crippen molar-refractivity contribution in [1.82, 2.24) is 20.3 Å². The summed E-state index contributed by atoms with van der Waals surface area (Å²) in [6.07, 6.45) is 0. The van der Waals surface area contributed by atoms with E-state index in [0.717, 1.165) is 15.7 Å². The summed E-state index contributed by atoms with van der Waals surface area (Å²) in [6, 6.07) is 20.0. The SMILES string of the molecule is COc1ccc(C(=O)NC(=S)Nc2ccc3nn(-c4ccc(Br)cc4)nc3c2)cc1. The molecule has 9 heteroatoms. The molecule has 150 valence electrons. The van der Waals surface area contributed by atoms with Gasteiger partial charge in [0.15, 0.2) is 5.11 Å². The lowest BCUT2D eigenvalue weighted by atomic mass is 10.2. The van der Waals surface area contributed by atoms with E-state index >= 15 is 0 Å². The molecular weight excluding hydrogens is 466 g/mol. The van der Waals surface area contributed by atoms with Crippen LogP contribution in [0.2, 0.25) is 0 Å². The van der Waals surface area contributed by atoms with Gasteiger partial charge in [-0.05, 0) is 78.9 Å². The Hall–Kier alpha value is -3.30. The number of thiocarbonyl (C=S) groups is 1. The number of halogens is 1. The van der Waals surface area contributed by atoms with Crippen molar-refractivity contribution in [3.63, 3.8) is 0 Å². The summed E-state index contributed by atoms with van der Waals surface area (Å²) in [5, 5.41) is 14.9. The lowest BCUT2D eigenvalue weighted by Crippen LogP contribution is -2.34. The van der Waals surface area contributed by atoms with Gasteiger partial charge in [0.2, 0.25) is 0 Å². The number of methoxy groups -OCH3 is 1. The fraction of sp³-hybridized carbons (Fsp3) is 0.0476. The maximum Gasteiger partial charge on any atom is 0.257 e. The second-order valence-corrected chi connectivity index (χ2v) is 7.63. The van der Waals surface area contributed by atoms with Crippen LogP contribution >= 0.6 is 28.1 Å². The Kier molecular flexibility index (Phi) is 5.73.